The van der Waals surface area contributed by atoms with Crippen LogP contribution < -0.4 is 10.1 Å². The molecule has 1 aromatic carbocycles. The van der Waals surface area contributed by atoms with Crippen molar-refractivity contribution in [3.63, 3.8) is 0 Å². The van der Waals surface area contributed by atoms with Crippen LogP contribution in [-0.2, 0) is 19.5 Å². The smallest absolute Gasteiger partial charge is 0.274 e. The number of benzene rings is 1. The highest BCUT2D eigenvalue weighted by molar-refractivity contribution is 5.94. The normalized spacial score (nSPS) is 16.4. The maximum Gasteiger partial charge on any atom is 0.274 e. The molecular formula is C19H26Cl2FN5O2. The van der Waals surface area contributed by atoms with Crippen LogP contribution in [0.15, 0.2) is 18.2 Å². The van der Waals surface area contributed by atoms with Crippen LogP contribution in [0.2, 0.25) is 0 Å². The molecule has 1 fully saturated rings. The molecule has 29 heavy (non-hydrogen) atoms. The van der Waals surface area contributed by atoms with Crippen LogP contribution in [0.1, 0.15) is 27.3 Å². The van der Waals surface area contributed by atoms with E-state index in [2.05, 4.69) is 20.4 Å². The van der Waals surface area contributed by atoms with E-state index in [1.165, 1.54) is 12.1 Å². The van der Waals surface area contributed by atoms with Gasteiger partial charge in [0, 0.05) is 69.1 Å². The minimum absolute atomic E-state index is 0. The van der Waals surface area contributed by atoms with Crippen molar-refractivity contribution in [1.82, 2.24) is 25.3 Å². The molecule has 1 aromatic heterocycles. The molecule has 10 heteroatoms. The van der Waals surface area contributed by atoms with E-state index in [0.29, 0.717) is 37.6 Å². The third-order valence-electron chi connectivity index (χ3n) is 5.30. The quantitative estimate of drug-likeness (QED) is 0.752. The number of methoxy groups -OCH3 is 1. The highest BCUT2D eigenvalue weighted by Gasteiger charge is 2.28. The molecule has 0 saturated carbocycles. The number of halogens is 3. The van der Waals surface area contributed by atoms with E-state index in [0.717, 1.165) is 42.9 Å². The first-order chi connectivity index (χ1) is 13.2. The second-order valence-corrected chi connectivity index (χ2v) is 6.98. The first-order valence-corrected chi connectivity index (χ1v) is 9.26. The van der Waals surface area contributed by atoms with Gasteiger partial charge in [-0.3, -0.25) is 14.8 Å². The number of carbonyl (C=O) groups is 1. The second kappa shape index (κ2) is 10.2. The number of carbonyl (C=O) groups excluding carboxylic acids is 1. The van der Waals surface area contributed by atoms with Crippen LogP contribution in [0.3, 0.4) is 0 Å². The van der Waals surface area contributed by atoms with Crippen molar-refractivity contribution in [3.8, 4) is 5.75 Å². The molecule has 0 unspecified atom stereocenters. The predicted molar refractivity (Wildman–Crippen MR) is 113 cm³/mol. The lowest BCUT2D eigenvalue weighted by Crippen LogP contribution is -2.48. The standard InChI is InChI=1S/C19H24FN5O2.2ClH/c1-27-17-3-2-14(20)10-13(17)12-24-6-8-25(9-7-24)19(26)18-15-11-21-5-4-16(15)22-23-18;;/h2-3,10,21H,4-9,11-12H2,1H3,(H,22,23);2*1H. The molecule has 1 amide bonds. The second-order valence-electron chi connectivity index (χ2n) is 6.98. The minimum atomic E-state index is -0.267. The number of amides is 1. The Morgan fingerprint density at radius 2 is 2.00 bits per heavy atom. The van der Waals surface area contributed by atoms with Gasteiger partial charge < -0.3 is 15.0 Å². The average molecular weight is 446 g/mol. The monoisotopic (exact) mass is 445 g/mol. The molecule has 0 atom stereocenters. The van der Waals surface area contributed by atoms with Gasteiger partial charge in [-0.15, -0.1) is 24.8 Å². The summed E-state index contributed by atoms with van der Waals surface area (Å²) in [6.07, 6.45) is 0.874. The lowest BCUT2D eigenvalue weighted by molar-refractivity contribution is 0.0620. The van der Waals surface area contributed by atoms with Crippen molar-refractivity contribution in [2.45, 2.75) is 19.5 Å². The average Bonchev–Trinajstić information content (AvgIpc) is 3.12. The third-order valence-corrected chi connectivity index (χ3v) is 5.30. The highest BCUT2D eigenvalue weighted by Crippen LogP contribution is 2.22. The molecule has 2 aliphatic heterocycles. The zero-order valence-corrected chi connectivity index (χ0v) is 17.9. The Bertz CT molecular complexity index is 840. The van der Waals surface area contributed by atoms with Crippen molar-refractivity contribution in [2.24, 2.45) is 0 Å². The number of nitrogens with one attached hydrogen (secondary N) is 2. The fourth-order valence-corrected chi connectivity index (χ4v) is 3.77. The van der Waals surface area contributed by atoms with Gasteiger partial charge in [-0.25, -0.2) is 4.39 Å². The molecular weight excluding hydrogens is 420 g/mol. The van der Waals surface area contributed by atoms with Gasteiger partial charge in [0.05, 0.1) is 7.11 Å². The first-order valence-electron chi connectivity index (χ1n) is 9.26. The molecule has 0 spiro atoms. The lowest BCUT2D eigenvalue weighted by atomic mass is 10.1. The van der Waals surface area contributed by atoms with Crippen molar-refractivity contribution in [2.75, 3.05) is 39.8 Å². The van der Waals surface area contributed by atoms with Gasteiger partial charge in [0.25, 0.3) is 5.91 Å². The van der Waals surface area contributed by atoms with E-state index >= 15 is 0 Å². The van der Waals surface area contributed by atoms with Gasteiger partial charge in [0.1, 0.15) is 11.6 Å². The zero-order valence-electron chi connectivity index (χ0n) is 16.2. The molecule has 1 saturated heterocycles. The van der Waals surface area contributed by atoms with Gasteiger partial charge in [0.2, 0.25) is 0 Å². The van der Waals surface area contributed by atoms with Gasteiger partial charge in [-0.05, 0) is 18.2 Å². The Labute approximate surface area is 181 Å². The van der Waals surface area contributed by atoms with Crippen LogP contribution in [0, 0.1) is 5.82 Å². The predicted octanol–water partition coefficient (Wildman–Crippen LogP) is 2.00. The molecule has 2 aromatic rings. The molecule has 3 heterocycles. The molecule has 2 N–H and O–H groups in total. The third kappa shape index (κ3) is 5.01. The Kier molecular flexibility index (Phi) is 8.27. The van der Waals surface area contributed by atoms with E-state index in [1.807, 2.05) is 4.90 Å². The van der Waals surface area contributed by atoms with Gasteiger partial charge in [-0.1, -0.05) is 0 Å². The van der Waals surface area contributed by atoms with E-state index in [9.17, 15) is 9.18 Å². The number of aromatic amines is 1. The summed E-state index contributed by atoms with van der Waals surface area (Å²) in [4.78, 5) is 16.9. The summed E-state index contributed by atoms with van der Waals surface area (Å²) in [5, 5.41) is 10.6. The highest BCUT2D eigenvalue weighted by atomic mass is 35.5. The molecule has 0 bridgehead atoms. The molecule has 2 aliphatic rings. The molecule has 0 radical (unpaired) electrons. The number of piperazine rings is 1. The summed E-state index contributed by atoms with van der Waals surface area (Å²) in [5.74, 6) is 0.404. The topological polar surface area (TPSA) is 73.5 Å². The Morgan fingerprint density at radius 3 is 2.72 bits per heavy atom. The van der Waals surface area contributed by atoms with E-state index in [1.54, 1.807) is 13.2 Å². The van der Waals surface area contributed by atoms with E-state index in [4.69, 9.17) is 4.74 Å². The number of aromatic nitrogens is 2. The summed E-state index contributed by atoms with van der Waals surface area (Å²) in [6.45, 7) is 4.92. The Morgan fingerprint density at radius 1 is 1.24 bits per heavy atom. The lowest BCUT2D eigenvalue weighted by Gasteiger charge is -2.34. The number of fused-ring (bicyclic) bond motifs is 1. The van der Waals surface area contributed by atoms with E-state index in [-0.39, 0.29) is 36.5 Å². The molecule has 4 rings (SSSR count). The van der Waals surface area contributed by atoms with Gasteiger partial charge >= 0.3 is 0 Å². The number of nitrogens with zero attached hydrogens (tertiary/aromatic N) is 3. The van der Waals surface area contributed by atoms with Crippen LogP contribution >= 0.6 is 24.8 Å². The summed E-state index contributed by atoms with van der Waals surface area (Å²) in [7, 11) is 1.59. The van der Waals surface area contributed by atoms with Crippen LogP contribution in [0.5, 0.6) is 5.75 Å². The van der Waals surface area contributed by atoms with Crippen molar-refractivity contribution in [1.29, 1.82) is 0 Å². The van der Waals surface area contributed by atoms with Gasteiger partial charge in [0.15, 0.2) is 5.69 Å². The number of ether oxygens (including phenoxy) is 1. The van der Waals surface area contributed by atoms with E-state index < -0.39 is 0 Å². The molecule has 7 nitrogen and oxygen atoms in total. The summed E-state index contributed by atoms with van der Waals surface area (Å²) in [6, 6.07) is 4.57. The summed E-state index contributed by atoms with van der Waals surface area (Å²) in [5.41, 5.74) is 3.43. The zero-order chi connectivity index (χ0) is 18.8. The maximum atomic E-state index is 13.6. The molecule has 0 aliphatic carbocycles. The summed E-state index contributed by atoms with van der Waals surface area (Å²) >= 11 is 0. The number of hydrogen-bond donors (Lipinski definition) is 2. The maximum absolute atomic E-state index is 13.6. The van der Waals surface area contributed by atoms with Crippen LogP contribution in [-0.4, -0.2) is 65.7 Å². The largest absolute Gasteiger partial charge is 0.496 e. The number of rotatable bonds is 4. The first kappa shape index (κ1) is 23.4. The Balaban J connectivity index is 0.00000150. The Hall–Kier alpha value is -1.87. The minimum Gasteiger partial charge on any atom is -0.496 e. The fourth-order valence-electron chi connectivity index (χ4n) is 3.77. The van der Waals surface area contributed by atoms with Crippen LogP contribution in [0.4, 0.5) is 4.39 Å². The van der Waals surface area contributed by atoms with Crippen molar-refractivity contribution in [3.05, 3.63) is 46.5 Å². The number of hydrogen-bond acceptors (Lipinski definition) is 5. The SMILES string of the molecule is COc1ccc(F)cc1CN1CCN(C(=O)c2n[nH]c3c2CNCC3)CC1.Cl.Cl. The van der Waals surface area contributed by atoms with Crippen LogP contribution in [0.25, 0.3) is 0 Å². The summed E-state index contributed by atoms with van der Waals surface area (Å²) < 4.78 is 18.9. The van der Waals surface area contributed by atoms with Gasteiger partial charge in [-0.2, -0.15) is 5.10 Å². The van der Waals surface area contributed by atoms with Crippen molar-refractivity contribution >= 4 is 30.7 Å². The fraction of sp³-hybridized carbons (Fsp3) is 0.474. The number of H-pyrrole nitrogens is 1. The van der Waals surface area contributed by atoms with Crippen molar-refractivity contribution < 1.29 is 13.9 Å². The molecule has 160 valence electrons.